The van der Waals surface area contributed by atoms with Gasteiger partial charge in [0, 0.05) is 17.0 Å². The lowest BCUT2D eigenvalue weighted by Gasteiger charge is -2.30. The highest BCUT2D eigenvalue weighted by molar-refractivity contribution is 5.58. The molecule has 20 heavy (non-hydrogen) atoms. The number of hydrogen-bond donors (Lipinski definition) is 1. The molecule has 0 spiro atoms. The molecule has 1 saturated carbocycles. The molecule has 1 atom stereocenters. The predicted molar refractivity (Wildman–Crippen MR) is 67.0 cm³/mol. The van der Waals surface area contributed by atoms with E-state index in [1.54, 1.807) is 6.92 Å². The average Bonchev–Trinajstić information content (AvgIpc) is 3.17. The van der Waals surface area contributed by atoms with Crippen molar-refractivity contribution in [3.05, 3.63) is 23.3 Å². The van der Waals surface area contributed by atoms with Gasteiger partial charge in [-0.15, -0.1) is 0 Å². The molecule has 0 amide bonds. The zero-order chi connectivity index (χ0) is 14.5. The minimum atomic E-state index is -4.42. The first-order chi connectivity index (χ1) is 9.36. The second kappa shape index (κ2) is 4.28. The van der Waals surface area contributed by atoms with E-state index in [1.165, 1.54) is 6.07 Å². The van der Waals surface area contributed by atoms with E-state index in [-0.39, 0.29) is 24.0 Å². The molecule has 1 unspecified atom stereocenters. The van der Waals surface area contributed by atoms with Crippen LogP contribution in [0.1, 0.15) is 30.9 Å². The van der Waals surface area contributed by atoms with E-state index in [2.05, 4.69) is 0 Å². The SMILES string of the molecule is CC(N)C1(c2c(C(F)(F)F)ccc3c2OCCO3)CC1. The lowest BCUT2D eigenvalue weighted by molar-refractivity contribution is -0.138. The molecule has 0 bridgehead atoms. The maximum atomic E-state index is 13.3. The van der Waals surface area contributed by atoms with Gasteiger partial charge < -0.3 is 15.2 Å². The quantitative estimate of drug-likeness (QED) is 0.909. The second-order valence-electron chi connectivity index (χ2n) is 5.45. The maximum Gasteiger partial charge on any atom is 0.416 e. The number of fused-ring (bicyclic) bond motifs is 1. The summed E-state index contributed by atoms with van der Waals surface area (Å²) in [5.74, 6) is 0.604. The van der Waals surface area contributed by atoms with E-state index in [0.717, 1.165) is 6.07 Å². The Hall–Kier alpha value is -1.43. The van der Waals surface area contributed by atoms with Gasteiger partial charge in [-0.05, 0) is 31.9 Å². The lowest BCUT2D eigenvalue weighted by Crippen LogP contribution is -2.34. The van der Waals surface area contributed by atoms with Gasteiger partial charge >= 0.3 is 6.18 Å². The van der Waals surface area contributed by atoms with Crippen LogP contribution in [0.2, 0.25) is 0 Å². The van der Waals surface area contributed by atoms with Crippen LogP contribution in [-0.2, 0) is 11.6 Å². The molecule has 1 aliphatic carbocycles. The summed E-state index contributed by atoms with van der Waals surface area (Å²) in [4.78, 5) is 0. The summed E-state index contributed by atoms with van der Waals surface area (Å²) in [5.41, 5.74) is 4.83. The van der Waals surface area contributed by atoms with Gasteiger partial charge in [-0.25, -0.2) is 0 Å². The minimum absolute atomic E-state index is 0.178. The number of benzene rings is 1. The molecular formula is C14H16F3NO2. The normalized spacial score (nSPS) is 21.4. The van der Waals surface area contributed by atoms with Crippen LogP contribution in [0.4, 0.5) is 13.2 Å². The first-order valence-electron chi connectivity index (χ1n) is 6.62. The monoisotopic (exact) mass is 287 g/mol. The van der Waals surface area contributed by atoms with E-state index >= 15 is 0 Å². The number of ether oxygens (including phenoxy) is 2. The van der Waals surface area contributed by atoms with Crippen LogP contribution < -0.4 is 15.2 Å². The van der Waals surface area contributed by atoms with E-state index in [0.29, 0.717) is 25.2 Å². The number of hydrogen-bond acceptors (Lipinski definition) is 3. The molecule has 2 N–H and O–H groups in total. The van der Waals surface area contributed by atoms with Gasteiger partial charge in [0.05, 0.1) is 5.56 Å². The Balaban J connectivity index is 2.23. The smallest absolute Gasteiger partial charge is 0.416 e. The summed E-state index contributed by atoms with van der Waals surface area (Å²) in [6.45, 7) is 2.36. The van der Waals surface area contributed by atoms with Crippen LogP contribution in [0, 0.1) is 0 Å². The summed E-state index contributed by atoms with van der Waals surface area (Å²) < 4.78 is 50.8. The lowest BCUT2D eigenvalue weighted by atomic mass is 9.84. The van der Waals surface area contributed by atoms with Gasteiger partial charge in [0.25, 0.3) is 0 Å². The highest BCUT2D eigenvalue weighted by atomic mass is 19.4. The number of halogens is 3. The van der Waals surface area contributed by atoms with Crippen LogP contribution in [0.5, 0.6) is 11.5 Å². The van der Waals surface area contributed by atoms with Crippen molar-refractivity contribution >= 4 is 0 Å². The highest BCUT2D eigenvalue weighted by Gasteiger charge is 2.54. The molecule has 3 rings (SSSR count). The molecule has 2 aliphatic rings. The third kappa shape index (κ3) is 1.93. The largest absolute Gasteiger partial charge is 0.486 e. The maximum absolute atomic E-state index is 13.3. The Morgan fingerprint density at radius 3 is 2.40 bits per heavy atom. The zero-order valence-electron chi connectivity index (χ0n) is 11.1. The number of alkyl halides is 3. The third-order valence-corrected chi connectivity index (χ3v) is 4.17. The Bertz CT molecular complexity index is 536. The molecule has 1 fully saturated rings. The standard InChI is InChI=1S/C14H16F3NO2/c1-8(18)13(4-5-13)11-9(14(15,16)17)2-3-10-12(11)20-7-6-19-10/h2-3,8H,4-7,18H2,1H3. The van der Waals surface area contributed by atoms with Crippen LogP contribution in [0.25, 0.3) is 0 Å². The van der Waals surface area contributed by atoms with E-state index < -0.39 is 17.2 Å². The van der Waals surface area contributed by atoms with Gasteiger partial charge in [0.1, 0.15) is 13.2 Å². The Labute approximate surface area is 114 Å². The first kappa shape index (κ1) is 13.5. The highest BCUT2D eigenvalue weighted by Crippen LogP contribution is 2.58. The van der Waals surface area contributed by atoms with Crippen molar-refractivity contribution in [2.75, 3.05) is 13.2 Å². The van der Waals surface area contributed by atoms with Crippen molar-refractivity contribution in [1.82, 2.24) is 0 Å². The minimum Gasteiger partial charge on any atom is -0.486 e. The predicted octanol–water partition coefficient (Wildman–Crippen LogP) is 2.86. The third-order valence-electron chi connectivity index (χ3n) is 4.17. The molecule has 0 aromatic heterocycles. The fourth-order valence-electron chi connectivity index (χ4n) is 2.91. The van der Waals surface area contributed by atoms with Crippen LogP contribution in [-0.4, -0.2) is 19.3 Å². The van der Waals surface area contributed by atoms with Crippen LogP contribution in [0.3, 0.4) is 0 Å². The Kier molecular flexibility index (Phi) is 2.90. The van der Waals surface area contributed by atoms with E-state index in [4.69, 9.17) is 15.2 Å². The van der Waals surface area contributed by atoms with Crippen molar-refractivity contribution in [3.63, 3.8) is 0 Å². The summed E-state index contributed by atoms with van der Waals surface area (Å²) in [6.07, 6.45) is -3.13. The van der Waals surface area contributed by atoms with Crippen molar-refractivity contribution < 1.29 is 22.6 Å². The fourth-order valence-corrected chi connectivity index (χ4v) is 2.91. The topological polar surface area (TPSA) is 44.5 Å². The molecule has 1 heterocycles. The zero-order valence-corrected chi connectivity index (χ0v) is 11.1. The molecule has 0 radical (unpaired) electrons. The molecule has 110 valence electrons. The van der Waals surface area contributed by atoms with Crippen molar-refractivity contribution in [2.45, 2.75) is 37.4 Å². The Morgan fingerprint density at radius 1 is 1.20 bits per heavy atom. The molecule has 3 nitrogen and oxygen atoms in total. The molecule has 1 aliphatic heterocycles. The van der Waals surface area contributed by atoms with Gasteiger partial charge in [0.15, 0.2) is 11.5 Å². The second-order valence-corrected chi connectivity index (χ2v) is 5.45. The summed E-state index contributed by atoms with van der Waals surface area (Å²) >= 11 is 0. The van der Waals surface area contributed by atoms with Crippen LogP contribution >= 0.6 is 0 Å². The first-order valence-corrected chi connectivity index (χ1v) is 6.62. The van der Waals surface area contributed by atoms with Crippen LogP contribution in [0.15, 0.2) is 12.1 Å². The molecule has 1 aromatic rings. The molecule has 0 saturated heterocycles. The number of rotatable bonds is 2. The van der Waals surface area contributed by atoms with Crippen molar-refractivity contribution in [3.8, 4) is 11.5 Å². The molecule has 1 aromatic carbocycles. The van der Waals surface area contributed by atoms with Crippen molar-refractivity contribution in [1.29, 1.82) is 0 Å². The number of nitrogens with two attached hydrogens (primary N) is 1. The van der Waals surface area contributed by atoms with Crippen molar-refractivity contribution in [2.24, 2.45) is 5.73 Å². The van der Waals surface area contributed by atoms with Gasteiger partial charge in [-0.3, -0.25) is 0 Å². The summed E-state index contributed by atoms with van der Waals surface area (Å²) in [7, 11) is 0. The molecular weight excluding hydrogens is 271 g/mol. The van der Waals surface area contributed by atoms with Gasteiger partial charge in [-0.2, -0.15) is 13.2 Å². The van der Waals surface area contributed by atoms with Gasteiger partial charge in [-0.1, -0.05) is 0 Å². The van der Waals surface area contributed by atoms with E-state index in [1.807, 2.05) is 0 Å². The van der Waals surface area contributed by atoms with Gasteiger partial charge in [0.2, 0.25) is 0 Å². The molecule has 6 heteroatoms. The Morgan fingerprint density at radius 2 is 1.85 bits per heavy atom. The average molecular weight is 287 g/mol. The summed E-state index contributed by atoms with van der Waals surface area (Å²) in [5, 5.41) is 0. The van der Waals surface area contributed by atoms with E-state index in [9.17, 15) is 13.2 Å². The fraction of sp³-hybridized carbons (Fsp3) is 0.571. The summed E-state index contributed by atoms with van der Waals surface area (Å²) in [6, 6.07) is 2.05.